The fourth-order valence-electron chi connectivity index (χ4n) is 7.00. The smallest absolute Gasteiger partial charge is 0.0498 e. The van der Waals surface area contributed by atoms with Crippen molar-refractivity contribution in [2.75, 3.05) is 0 Å². The molecule has 0 saturated heterocycles. The SMILES string of the molecule is C=C1CC(C)=C[C-](C)C1=[Si-]C1C(C)CC(C)CC1C.CC(C)C1=C[CH+]C=C(C(C)C)C1=[N-].Cc1c(C)c(C)[c-](C)c1C.[Ta]. The van der Waals surface area contributed by atoms with Crippen molar-refractivity contribution in [2.45, 2.75) is 122 Å². The van der Waals surface area contributed by atoms with E-state index in [4.69, 9.17) is 0 Å². The Balaban J connectivity index is 0.000000337. The number of allylic oxidation sites excluding steroid dienone is 7. The second-order valence-corrected chi connectivity index (χ2v) is 15.7. The van der Waals surface area contributed by atoms with E-state index in [1.165, 1.54) is 57.7 Å². The summed E-state index contributed by atoms with van der Waals surface area (Å²) in [7, 11) is 0.967. The predicted molar refractivity (Wildman–Crippen MR) is 192 cm³/mol. The van der Waals surface area contributed by atoms with E-state index in [0.29, 0.717) is 17.5 Å². The standard InChI is InChI=1S/C18H28Si.C12H17N.C10H15.Ta/c1-11-7-13(3)17(14(4)8-11)19-18-15(5)9-12(2)10-16(18)6;1-8(2)10-6-5-7-11(9(3)4)12(10)13;1-6-7(2)9(4)10(5)8(6)3;/h8,12,15-16,18H,3,7,9-10H2,1-2,4-6H3;5-9H,1-4H3;1-5H3;/q-2;;-1;. The van der Waals surface area contributed by atoms with Gasteiger partial charge in [0.1, 0.15) is 0 Å². The summed E-state index contributed by atoms with van der Waals surface area (Å²) in [6.45, 7) is 35.6. The summed E-state index contributed by atoms with van der Waals surface area (Å²) < 4.78 is 0. The Kier molecular flexibility index (Phi) is 15.9. The van der Waals surface area contributed by atoms with Gasteiger partial charge in [-0.2, -0.15) is 63.1 Å². The molecule has 0 heterocycles. The van der Waals surface area contributed by atoms with Gasteiger partial charge in [0, 0.05) is 63.9 Å². The second kappa shape index (κ2) is 17.3. The first-order valence-electron chi connectivity index (χ1n) is 16.3. The fraction of sp³-hybridized carbons (Fsp3) is 0.575. The first kappa shape index (κ1) is 39.6. The van der Waals surface area contributed by atoms with Crippen LogP contribution in [0.3, 0.4) is 0 Å². The zero-order valence-electron chi connectivity index (χ0n) is 30.0. The van der Waals surface area contributed by atoms with Crippen molar-refractivity contribution < 1.29 is 22.4 Å². The maximum atomic E-state index is 9.93. The molecule has 0 N–H and O–H groups in total. The molecule has 1 radical (unpaired) electrons. The maximum Gasteiger partial charge on any atom is 0.0498 e. The summed E-state index contributed by atoms with van der Waals surface area (Å²) >= 11 is 0. The molecule has 1 fully saturated rings. The molecule has 0 aliphatic heterocycles. The van der Waals surface area contributed by atoms with E-state index in [1.807, 2.05) is 18.6 Å². The zero-order valence-corrected chi connectivity index (χ0v) is 34.2. The molecule has 0 amide bonds. The van der Waals surface area contributed by atoms with Crippen molar-refractivity contribution >= 4 is 20.0 Å². The van der Waals surface area contributed by atoms with E-state index < -0.39 is 0 Å². The van der Waals surface area contributed by atoms with Gasteiger partial charge in [0.2, 0.25) is 0 Å². The van der Waals surface area contributed by atoms with Crippen LogP contribution in [0.25, 0.3) is 5.41 Å². The molecule has 3 aliphatic carbocycles. The summed E-state index contributed by atoms with van der Waals surface area (Å²) in [6, 6.07) is 0. The van der Waals surface area contributed by atoms with E-state index in [9.17, 15) is 5.41 Å². The van der Waals surface area contributed by atoms with Crippen molar-refractivity contribution in [1.29, 1.82) is 0 Å². The van der Waals surface area contributed by atoms with Gasteiger partial charge in [-0.3, -0.25) is 0 Å². The van der Waals surface area contributed by atoms with Crippen molar-refractivity contribution in [3.05, 3.63) is 92.7 Å². The molecular weight excluding hydrogens is 703 g/mol. The molecule has 0 spiro atoms. The Morgan fingerprint density at radius 2 is 1.30 bits per heavy atom. The minimum Gasteiger partial charge on any atom is -0.778 e. The van der Waals surface area contributed by atoms with E-state index in [2.05, 4.69) is 110 Å². The molecule has 1 nitrogen and oxygen atoms in total. The van der Waals surface area contributed by atoms with Crippen LogP contribution in [0.5, 0.6) is 0 Å². The summed E-state index contributed by atoms with van der Waals surface area (Å²) in [5.74, 6) is 4.91. The van der Waals surface area contributed by atoms with Gasteiger partial charge < -0.3 is 19.7 Å². The normalized spacial score (nSPS) is 24.7. The van der Waals surface area contributed by atoms with Gasteiger partial charge in [-0.1, -0.05) is 100 Å². The first-order valence-corrected chi connectivity index (χ1v) is 17.4. The minimum absolute atomic E-state index is 0. The van der Waals surface area contributed by atoms with Gasteiger partial charge in [0.25, 0.3) is 0 Å². The molecule has 0 aromatic heterocycles. The van der Waals surface area contributed by atoms with Crippen LogP contribution in [0.1, 0.15) is 109 Å². The average molecular weight is 764 g/mol. The van der Waals surface area contributed by atoms with Crippen molar-refractivity contribution in [2.24, 2.45) is 29.6 Å². The third-order valence-electron chi connectivity index (χ3n) is 9.94. The van der Waals surface area contributed by atoms with Crippen LogP contribution >= 0.6 is 0 Å². The molecule has 2 atom stereocenters. The van der Waals surface area contributed by atoms with Gasteiger partial charge in [-0.25, -0.2) is 0 Å². The molecule has 4 rings (SSSR count). The fourth-order valence-corrected chi connectivity index (χ4v) is 8.77. The monoisotopic (exact) mass is 763 g/mol. The summed E-state index contributed by atoms with van der Waals surface area (Å²) in [5.41, 5.74) is 13.6. The van der Waals surface area contributed by atoms with Crippen LogP contribution < -0.4 is 0 Å². The van der Waals surface area contributed by atoms with Crippen LogP contribution in [0.2, 0.25) is 5.54 Å². The molecule has 1 aromatic rings. The maximum absolute atomic E-state index is 9.93. The Labute approximate surface area is 285 Å². The van der Waals surface area contributed by atoms with Gasteiger partial charge in [0.05, 0.1) is 0 Å². The topological polar surface area (TPSA) is 22.3 Å². The van der Waals surface area contributed by atoms with Crippen LogP contribution in [-0.2, 0) is 22.4 Å². The number of hydrogen-bond acceptors (Lipinski definition) is 0. The molecule has 0 bridgehead atoms. The van der Waals surface area contributed by atoms with Gasteiger partial charge in [-0.05, 0) is 39.3 Å². The Hall–Kier alpha value is -1.45. The molecule has 2 unspecified atom stereocenters. The quantitative estimate of drug-likeness (QED) is 0.216. The van der Waals surface area contributed by atoms with Gasteiger partial charge in [-0.15, -0.1) is 0 Å². The van der Waals surface area contributed by atoms with Crippen molar-refractivity contribution in [3.63, 3.8) is 0 Å². The van der Waals surface area contributed by atoms with Crippen molar-refractivity contribution in [1.82, 2.24) is 0 Å². The van der Waals surface area contributed by atoms with Gasteiger partial charge in [0.15, 0.2) is 0 Å². The predicted octanol–water partition coefficient (Wildman–Crippen LogP) is 11.2. The van der Waals surface area contributed by atoms with E-state index in [-0.39, 0.29) is 22.4 Å². The number of rotatable bonds is 3. The van der Waals surface area contributed by atoms with E-state index in [1.54, 1.807) is 5.17 Å². The second-order valence-electron chi connectivity index (χ2n) is 14.2. The van der Waals surface area contributed by atoms with Crippen molar-refractivity contribution in [3.8, 4) is 0 Å². The van der Waals surface area contributed by atoms with Gasteiger partial charge >= 0.3 is 0 Å². The largest absolute Gasteiger partial charge is 0.778 e. The van der Waals surface area contributed by atoms with E-state index in [0.717, 1.165) is 50.0 Å². The van der Waals surface area contributed by atoms with Crippen LogP contribution in [0.15, 0.2) is 47.1 Å². The zero-order chi connectivity index (χ0) is 32.0. The summed E-state index contributed by atoms with van der Waals surface area (Å²) in [4.78, 5) is 0. The Morgan fingerprint density at radius 1 is 0.860 bits per heavy atom. The number of hydrogen-bond donors (Lipinski definition) is 0. The molecule has 3 heteroatoms. The van der Waals surface area contributed by atoms with Crippen LogP contribution in [-0.4, -0.2) is 20.0 Å². The third kappa shape index (κ3) is 10.3. The average Bonchev–Trinajstić information content (AvgIpc) is 3.05. The summed E-state index contributed by atoms with van der Waals surface area (Å²) in [6.07, 6.45) is 12.3. The molecule has 1 aromatic carbocycles. The first-order chi connectivity index (χ1) is 19.5. The van der Waals surface area contributed by atoms with E-state index >= 15 is 0 Å². The van der Waals surface area contributed by atoms with Crippen LogP contribution in [0, 0.1) is 76.5 Å². The molecule has 1 saturated carbocycles. The Morgan fingerprint density at radius 3 is 1.65 bits per heavy atom. The molecule has 3 aliphatic rings. The molecular formula is C40H60NSiTa-3. The molecule has 237 valence electrons. The summed E-state index contributed by atoms with van der Waals surface area (Å²) in [5, 5.41) is 11.5. The van der Waals surface area contributed by atoms with Crippen LogP contribution in [0.4, 0.5) is 0 Å². The minimum atomic E-state index is 0. The third-order valence-corrected chi connectivity index (χ3v) is 12.5. The number of nitrogens with zero attached hydrogens (tertiary/aromatic N) is 1. The Bertz CT molecular complexity index is 1130. The molecule has 43 heavy (non-hydrogen) atoms.